The summed E-state index contributed by atoms with van der Waals surface area (Å²) < 4.78 is 6.03. The maximum Gasteiger partial charge on any atom is 0.313 e. The first-order valence-corrected chi connectivity index (χ1v) is 7.70. The van der Waals surface area contributed by atoms with Crippen molar-refractivity contribution in [1.29, 1.82) is 0 Å². The number of halogens is 1. The molecule has 0 saturated carbocycles. The second kappa shape index (κ2) is 6.90. The highest BCUT2D eigenvalue weighted by atomic mass is 79.9. The molecule has 3 heteroatoms. The molecule has 0 aromatic heterocycles. The van der Waals surface area contributed by atoms with Crippen molar-refractivity contribution in [3.8, 4) is 0 Å². The molecule has 0 amide bonds. The second-order valence-corrected chi connectivity index (χ2v) is 6.11. The fraction of sp³-hybridized carbons (Fsp3) is 0.278. The Morgan fingerprint density at radius 1 is 1.19 bits per heavy atom. The fourth-order valence-corrected chi connectivity index (χ4v) is 2.96. The van der Waals surface area contributed by atoms with Crippen LogP contribution < -0.4 is 0 Å². The molecule has 1 unspecified atom stereocenters. The molecular weight excluding hydrogens is 328 g/mol. The van der Waals surface area contributed by atoms with E-state index in [4.69, 9.17) is 4.74 Å². The monoisotopic (exact) mass is 346 g/mol. The first-order chi connectivity index (χ1) is 10.0. The van der Waals surface area contributed by atoms with Gasteiger partial charge < -0.3 is 4.74 Å². The molecule has 1 atom stereocenters. The van der Waals surface area contributed by atoms with Gasteiger partial charge in [0.15, 0.2) is 0 Å². The summed E-state index contributed by atoms with van der Waals surface area (Å²) in [7, 11) is 1.45. The molecule has 0 spiro atoms. The molecule has 0 aliphatic heterocycles. The standard InChI is InChI=1S/C18H19BrO2/c1-12-6-4-9-16(13(12)2)17(18(20)21-3)11-14-7-5-8-15(19)10-14/h4-10,17H,11H2,1-3H3. The molecule has 0 aliphatic rings. The third-order valence-corrected chi connectivity index (χ3v) is 4.33. The van der Waals surface area contributed by atoms with Crippen molar-refractivity contribution in [2.75, 3.05) is 7.11 Å². The van der Waals surface area contributed by atoms with E-state index in [0.29, 0.717) is 6.42 Å². The lowest BCUT2D eigenvalue weighted by atomic mass is 9.87. The van der Waals surface area contributed by atoms with Crippen molar-refractivity contribution in [1.82, 2.24) is 0 Å². The lowest BCUT2D eigenvalue weighted by Gasteiger charge is -2.18. The molecule has 2 aromatic rings. The summed E-state index contributed by atoms with van der Waals surface area (Å²) in [4.78, 5) is 12.2. The number of hydrogen-bond donors (Lipinski definition) is 0. The maximum absolute atomic E-state index is 12.2. The number of aryl methyl sites for hydroxylation is 1. The van der Waals surface area contributed by atoms with Crippen molar-refractivity contribution < 1.29 is 9.53 Å². The van der Waals surface area contributed by atoms with Crippen LogP contribution in [0.2, 0.25) is 0 Å². The Hall–Kier alpha value is -1.61. The van der Waals surface area contributed by atoms with Gasteiger partial charge in [0.2, 0.25) is 0 Å². The Labute approximate surface area is 134 Å². The van der Waals surface area contributed by atoms with Gasteiger partial charge in [-0.3, -0.25) is 4.79 Å². The second-order valence-electron chi connectivity index (χ2n) is 5.20. The molecular formula is C18H19BrO2. The highest BCUT2D eigenvalue weighted by Crippen LogP contribution is 2.27. The summed E-state index contributed by atoms with van der Waals surface area (Å²) in [5.41, 5.74) is 4.50. The summed E-state index contributed by atoms with van der Waals surface area (Å²) in [6.07, 6.45) is 0.635. The van der Waals surface area contributed by atoms with Gasteiger partial charge in [0.1, 0.15) is 0 Å². The van der Waals surface area contributed by atoms with Crippen molar-refractivity contribution in [3.63, 3.8) is 0 Å². The number of benzene rings is 2. The molecule has 2 nitrogen and oxygen atoms in total. The minimum Gasteiger partial charge on any atom is -0.469 e. The van der Waals surface area contributed by atoms with Crippen molar-refractivity contribution in [2.24, 2.45) is 0 Å². The largest absolute Gasteiger partial charge is 0.469 e. The smallest absolute Gasteiger partial charge is 0.313 e. The average Bonchev–Trinajstić information content (AvgIpc) is 2.47. The third kappa shape index (κ3) is 3.73. The third-order valence-electron chi connectivity index (χ3n) is 3.84. The molecule has 0 aliphatic carbocycles. The molecule has 2 aromatic carbocycles. The number of carbonyl (C=O) groups excluding carboxylic acids is 1. The first kappa shape index (κ1) is 15.8. The number of carbonyl (C=O) groups is 1. The SMILES string of the molecule is COC(=O)C(Cc1cccc(Br)c1)c1cccc(C)c1C. The van der Waals surface area contributed by atoms with E-state index in [2.05, 4.69) is 35.8 Å². The quantitative estimate of drug-likeness (QED) is 0.758. The normalized spacial score (nSPS) is 12.0. The molecule has 0 bridgehead atoms. The Balaban J connectivity index is 2.39. The van der Waals surface area contributed by atoms with Gasteiger partial charge in [-0.1, -0.05) is 46.3 Å². The van der Waals surface area contributed by atoms with E-state index >= 15 is 0 Å². The zero-order valence-electron chi connectivity index (χ0n) is 12.5. The minimum atomic E-state index is -0.274. The van der Waals surface area contributed by atoms with Gasteiger partial charge in [-0.15, -0.1) is 0 Å². The molecule has 110 valence electrons. The van der Waals surface area contributed by atoms with Gasteiger partial charge in [0.05, 0.1) is 13.0 Å². The van der Waals surface area contributed by atoms with Crippen LogP contribution in [0.15, 0.2) is 46.9 Å². The summed E-state index contributed by atoms with van der Waals surface area (Å²) in [5.74, 6) is -0.465. The van der Waals surface area contributed by atoms with Gasteiger partial charge >= 0.3 is 5.97 Å². The van der Waals surface area contributed by atoms with E-state index in [0.717, 1.165) is 21.2 Å². The average molecular weight is 347 g/mol. The van der Waals surface area contributed by atoms with Gasteiger partial charge in [-0.2, -0.15) is 0 Å². The van der Waals surface area contributed by atoms with Crippen LogP contribution in [0.1, 0.15) is 28.2 Å². The summed E-state index contributed by atoms with van der Waals surface area (Å²) in [6.45, 7) is 4.12. The highest BCUT2D eigenvalue weighted by Gasteiger charge is 2.24. The van der Waals surface area contributed by atoms with Gasteiger partial charge in [0, 0.05) is 4.47 Å². The molecule has 0 heterocycles. The molecule has 21 heavy (non-hydrogen) atoms. The topological polar surface area (TPSA) is 26.3 Å². The summed E-state index contributed by atoms with van der Waals surface area (Å²) in [6, 6.07) is 14.1. The molecule has 0 fully saturated rings. The number of ether oxygens (including phenoxy) is 1. The molecule has 0 saturated heterocycles. The highest BCUT2D eigenvalue weighted by molar-refractivity contribution is 9.10. The minimum absolute atomic E-state index is 0.191. The van der Waals surface area contributed by atoms with E-state index in [1.807, 2.05) is 36.4 Å². The van der Waals surface area contributed by atoms with Crippen molar-refractivity contribution in [3.05, 3.63) is 69.2 Å². The Morgan fingerprint density at radius 2 is 1.90 bits per heavy atom. The Morgan fingerprint density at radius 3 is 2.57 bits per heavy atom. The number of rotatable bonds is 4. The van der Waals surface area contributed by atoms with Gasteiger partial charge in [-0.05, 0) is 54.7 Å². The molecule has 0 N–H and O–H groups in total. The van der Waals surface area contributed by atoms with E-state index < -0.39 is 0 Å². The molecule has 2 rings (SSSR count). The Kier molecular flexibility index (Phi) is 5.18. The zero-order valence-corrected chi connectivity index (χ0v) is 14.1. The predicted molar refractivity (Wildman–Crippen MR) is 88.5 cm³/mol. The van der Waals surface area contributed by atoms with Gasteiger partial charge in [0.25, 0.3) is 0 Å². The van der Waals surface area contributed by atoms with E-state index in [9.17, 15) is 4.79 Å². The van der Waals surface area contributed by atoms with Crippen LogP contribution in [0, 0.1) is 13.8 Å². The summed E-state index contributed by atoms with van der Waals surface area (Å²) in [5, 5.41) is 0. The molecule has 0 radical (unpaired) electrons. The van der Waals surface area contributed by atoms with Gasteiger partial charge in [-0.25, -0.2) is 0 Å². The summed E-state index contributed by atoms with van der Waals surface area (Å²) >= 11 is 3.47. The first-order valence-electron chi connectivity index (χ1n) is 6.91. The van der Waals surface area contributed by atoms with Crippen LogP contribution in [0.3, 0.4) is 0 Å². The fourth-order valence-electron chi connectivity index (χ4n) is 2.51. The van der Waals surface area contributed by atoms with Crippen molar-refractivity contribution in [2.45, 2.75) is 26.2 Å². The van der Waals surface area contributed by atoms with Crippen LogP contribution in [-0.2, 0) is 16.0 Å². The van der Waals surface area contributed by atoms with Crippen LogP contribution >= 0.6 is 15.9 Å². The van der Waals surface area contributed by atoms with E-state index in [1.165, 1.54) is 12.7 Å². The lowest BCUT2D eigenvalue weighted by Crippen LogP contribution is -2.18. The van der Waals surface area contributed by atoms with Crippen LogP contribution in [0.4, 0.5) is 0 Å². The van der Waals surface area contributed by atoms with E-state index in [1.54, 1.807) is 0 Å². The van der Waals surface area contributed by atoms with Crippen LogP contribution in [-0.4, -0.2) is 13.1 Å². The maximum atomic E-state index is 12.2. The number of methoxy groups -OCH3 is 1. The number of esters is 1. The lowest BCUT2D eigenvalue weighted by molar-refractivity contribution is -0.142. The van der Waals surface area contributed by atoms with E-state index in [-0.39, 0.29) is 11.9 Å². The number of hydrogen-bond acceptors (Lipinski definition) is 2. The van der Waals surface area contributed by atoms with Crippen molar-refractivity contribution >= 4 is 21.9 Å². The predicted octanol–water partition coefficient (Wildman–Crippen LogP) is 4.57. The Bertz CT molecular complexity index is 649. The zero-order chi connectivity index (χ0) is 15.4. The van der Waals surface area contributed by atoms with Crippen LogP contribution in [0.25, 0.3) is 0 Å². The van der Waals surface area contributed by atoms with Crippen LogP contribution in [0.5, 0.6) is 0 Å².